The fourth-order valence-electron chi connectivity index (χ4n) is 3.19. The molecule has 0 amide bonds. The van der Waals surface area contributed by atoms with Gasteiger partial charge >= 0.3 is 0 Å². The van der Waals surface area contributed by atoms with Crippen LogP contribution in [0.1, 0.15) is 30.5 Å². The van der Waals surface area contributed by atoms with E-state index in [1.165, 1.54) is 6.07 Å². The molecule has 3 rings (SSSR count). The van der Waals surface area contributed by atoms with Crippen LogP contribution in [0.25, 0.3) is 11.1 Å². The number of rotatable bonds is 7. The van der Waals surface area contributed by atoms with E-state index in [2.05, 4.69) is 0 Å². The van der Waals surface area contributed by atoms with Gasteiger partial charge in [-0.05, 0) is 66.1 Å². The van der Waals surface area contributed by atoms with Crippen molar-refractivity contribution in [3.63, 3.8) is 0 Å². The van der Waals surface area contributed by atoms with Crippen LogP contribution in [0.3, 0.4) is 0 Å². The highest BCUT2D eigenvalue weighted by atomic mass is 19.2. The highest BCUT2D eigenvalue weighted by molar-refractivity contribution is 5.64. The molecule has 0 spiro atoms. The minimum absolute atomic E-state index is 0.242. The molecule has 1 nitrogen and oxygen atoms in total. The van der Waals surface area contributed by atoms with E-state index < -0.39 is 17.5 Å². The molecule has 4 heteroatoms. The standard InChI is InChI=1S/C24H23F3O/c1-3-17-11-12-19(24(27)23(17)26)10-7-16-5-8-18(9-6-16)20-13-14-22(28-4-2)21(25)15-20/h5-6,8-9,11-15H,3-4,7,10H2,1-2H3. The van der Waals surface area contributed by atoms with E-state index in [1.807, 2.05) is 37.3 Å². The third kappa shape index (κ3) is 4.38. The highest BCUT2D eigenvalue weighted by Gasteiger charge is 2.12. The largest absolute Gasteiger partial charge is 0.491 e. The summed E-state index contributed by atoms with van der Waals surface area (Å²) >= 11 is 0. The summed E-state index contributed by atoms with van der Waals surface area (Å²) in [6.07, 6.45) is 1.49. The number of hydrogen-bond donors (Lipinski definition) is 0. The second kappa shape index (κ2) is 8.96. The molecule has 146 valence electrons. The molecular weight excluding hydrogens is 361 g/mol. The molecule has 0 aliphatic rings. The zero-order valence-electron chi connectivity index (χ0n) is 16.1. The van der Waals surface area contributed by atoms with Crippen LogP contribution in [-0.2, 0) is 19.3 Å². The maximum absolute atomic E-state index is 14.1. The second-order valence-corrected chi connectivity index (χ2v) is 6.64. The molecule has 0 aromatic heterocycles. The van der Waals surface area contributed by atoms with Crippen LogP contribution in [0.2, 0.25) is 0 Å². The van der Waals surface area contributed by atoms with Crippen molar-refractivity contribution in [2.45, 2.75) is 33.1 Å². The van der Waals surface area contributed by atoms with Crippen molar-refractivity contribution in [3.05, 3.63) is 88.7 Å². The van der Waals surface area contributed by atoms with Crippen LogP contribution in [0.15, 0.2) is 54.6 Å². The van der Waals surface area contributed by atoms with Gasteiger partial charge in [0.25, 0.3) is 0 Å². The lowest BCUT2D eigenvalue weighted by molar-refractivity contribution is 0.321. The van der Waals surface area contributed by atoms with E-state index in [0.717, 1.165) is 16.7 Å². The number of hydrogen-bond acceptors (Lipinski definition) is 1. The summed E-state index contributed by atoms with van der Waals surface area (Å²) in [5.41, 5.74) is 3.43. The third-order valence-corrected chi connectivity index (χ3v) is 4.83. The van der Waals surface area contributed by atoms with E-state index in [9.17, 15) is 13.2 Å². The number of ether oxygens (including phenoxy) is 1. The van der Waals surface area contributed by atoms with Gasteiger partial charge in [-0.15, -0.1) is 0 Å². The Hall–Kier alpha value is -2.75. The Morgan fingerprint density at radius 1 is 0.714 bits per heavy atom. The first-order valence-corrected chi connectivity index (χ1v) is 9.50. The highest BCUT2D eigenvalue weighted by Crippen LogP contribution is 2.26. The van der Waals surface area contributed by atoms with E-state index in [0.29, 0.717) is 37.0 Å². The van der Waals surface area contributed by atoms with Crippen LogP contribution in [0.4, 0.5) is 13.2 Å². The lowest BCUT2D eigenvalue weighted by Gasteiger charge is -2.09. The van der Waals surface area contributed by atoms with Gasteiger partial charge in [0, 0.05) is 0 Å². The molecule has 0 radical (unpaired) electrons. The number of aryl methyl sites for hydroxylation is 3. The minimum Gasteiger partial charge on any atom is -0.491 e. The first-order chi connectivity index (χ1) is 13.5. The lowest BCUT2D eigenvalue weighted by Crippen LogP contribution is -2.01. The Bertz CT molecular complexity index is 949. The zero-order chi connectivity index (χ0) is 20.1. The fraction of sp³-hybridized carbons (Fsp3) is 0.250. The van der Waals surface area contributed by atoms with Gasteiger partial charge in [0.05, 0.1) is 6.61 Å². The van der Waals surface area contributed by atoms with Gasteiger partial charge in [-0.25, -0.2) is 13.2 Å². The third-order valence-electron chi connectivity index (χ3n) is 4.83. The smallest absolute Gasteiger partial charge is 0.165 e. The molecule has 28 heavy (non-hydrogen) atoms. The molecule has 0 aliphatic heterocycles. The summed E-state index contributed by atoms with van der Waals surface area (Å²) in [6.45, 7) is 4.02. The van der Waals surface area contributed by atoms with Crippen molar-refractivity contribution in [1.29, 1.82) is 0 Å². The average Bonchev–Trinajstić information content (AvgIpc) is 2.71. The molecule has 0 fully saturated rings. The first kappa shape index (κ1) is 20.0. The van der Waals surface area contributed by atoms with E-state index in [1.54, 1.807) is 25.1 Å². The predicted octanol–water partition coefficient (Wildman–Crippen LogP) is 6.52. The topological polar surface area (TPSA) is 9.23 Å². The quantitative estimate of drug-likeness (QED) is 0.451. The molecule has 0 saturated heterocycles. The Balaban J connectivity index is 1.70. The molecule has 0 saturated carbocycles. The lowest BCUT2D eigenvalue weighted by atomic mass is 9.99. The molecular formula is C24H23F3O. The summed E-state index contributed by atoms with van der Waals surface area (Å²) in [5, 5.41) is 0. The maximum atomic E-state index is 14.1. The molecule has 0 N–H and O–H groups in total. The Kier molecular flexibility index (Phi) is 6.40. The second-order valence-electron chi connectivity index (χ2n) is 6.64. The van der Waals surface area contributed by atoms with Crippen LogP contribution in [0.5, 0.6) is 5.75 Å². The summed E-state index contributed by atoms with van der Waals surface area (Å²) in [7, 11) is 0. The molecule has 3 aromatic carbocycles. The summed E-state index contributed by atoms with van der Waals surface area (Å²) in [5.74, 6) is -1.64. The van der Waals surface area contributed by atoms with Gasteiger partial charge in [0.2, 0.25) is 0 Å². The summed E-state index contributed by atoms with van der Waals surface area (Å²) in [4.78, 5) is 0. The van der Waals surface area contributed by atoms with Crippen molar-refractivity contribution >= 4 is 0 Å². The van der Waals surface area contributed by atoms with E-state index >= 15 is 0 Å². The first-order valence-electron chi connectivity index (χ1n) is 9.50. The van der Waals surface area contributed by atoms with Crippen molar-refractivity contribution < 1.29 is 17.9 Å². The van der Waals surface area contributed by atoms with Crippen LogP contribution in [0, 0.1) is 17.5 Å². The van der Waals surface area contributed by atoms with Crippen LogP contribution >= 0.6 is 0 Å². The van der Waals surface area contributed by atoms with Gasteiger partial charge in [0.1, 0.15) is 0 Å². The predicted molar refractivity (Wildman–Crippen MR) is 106 cm³/mol. The number of benzene rings is 3. The molecule has 3 aromatic rings. The van der Waals surface area contributed by atoms with Gasteiger partial charge in [-0.3, -0.25) is 0 Å². The normalized spacial score (nSPS) is 10.9. The Labute approximate surface area is 163 Å². The Morgan fingerprint density at radius 2 is 1.36 bits per heavy atom. The van der Waals surface area contributed by atoms with Gasteiger partial charge in [0.15, 0.2) is 23.2 Å². The fourth-order valence-corrected chi connectivity index (χ4v) is 3.19. The van der Waals surface area contributed by atoms with Crippen molar-refractivity contribution in [1.82, 2.24) is 0 Å². The number of halogens is 3. The monoisotopic (exact) mass is 384 g/mol. The van der Waals surface area contributed by atoms with E-state index in [4.69, 9.17) is 4.74 Å². The van der Waals surface area contributed by atoms with Crippen molar-refractivity contribution in [2.75, 3.05) is 6.61 Å². The Morgan fingerprint density at radius 3 is 2.00 bits per heavy atom. The van der Waals surface area contributed by atoms with Crippen LogP contribution in [-0.4, -0.2) is 6.61 Å². The summed E-state index contributed by atoms with van der Waals surface area (Å²) < 4.78 is 47.3. The minimum atomic E-state index is -0.749. The molecule has 0 atom stereocenters. The molecule has 0 aliphatic carbocycles. The molecule has 0 bridgehead atoms. The SMILES string of the molecule is CCOc1ccc(-c2ccc(CCc3ccc(CC)c(F)c3F)cc2)cc1F. The van der Waals surface area contributed by atoms with E-state index in [-0.39, 0.29) is 5.75 Å². The van der Waals surface area contributed by atoms with Crippen LogP contribution < -0.4 is 4.74 Å². The molecule has 0 heterocycles. The molecule has 0 unspecified atom stereocenters. The van der Waals surface area contributed by atoms with Gasteiger partial charge in [-0.1, -0.05) is 49.4 Å². The van der Waals surface area contributed by atoms with Gasteiger partial charge < -0.3 is 4.74 Å². The average molecular weight is 384 g/mol. The zero-order valence-corrected chi connectivity index (χ0v) is 16.1. The maximum Gasteiger partial charge on any atom is 0.165 e. The van der Waals surface area contributed by atoms with Crippen molar-refractivity contribution in [2.24, 2.45) is 0 Å². The van der Waals surface area contributed by atoms with Gasteiger partial charge in [-0.2, -0.15) is 0 Å². The van der Waals surface area contributed by atoms with Crippen molar-refractivity contribution in [3.8, 4) is 16.9 Å². The summed E-state index contributed by atoms with van der Waals surface area (Å²) in [6, 6.07) is 15.9.